The molecule has 1 amide bonds. The number of sulfone groups is 1. The van der Waals surface area contributed by atoms with E-state index in [9.17, 15) is 23.1 Å². The molecule has 140 valence electrons. The number of hydrogen-bond donors (Lipinski definition) is 0. The van der Waals surface area contributed by atoms with Crippen LogP contribution in [0.3, 0.4) is 0 Å². The number of fused-ring (bicyclic) bond motifs is 1. The minimum atomic E-state index is -3.15. The fourth-order valence-electron chi connectivity index (χ4n) is 3.04. The molecule has 2 aliphatic heterocycles. The quantitative estimate of drug-likeness (QED) is 0.701. The lowest BCUT2D eigenvalue weighted by atomic mass is 10.2. The zero-order chi connectivity index (χ0) is 18.9. The van der Waals surface area contributed by atoms with Crippen LogP contribution in [0.25, 0.3) is 0 Å². The number of carboxylic acid groups (broad SMARTS) is 1. The zero-order valence-corrected chi connectivity index (χ0v) is 16.0. The maximum absolute atomic E-state index is 12.1. The summed E-state index contributed by atoms with van der Waals surface area (Å²) >= 11 is 7.53. The first-order valence-electron chi connectivity index (χ1n) is 7.99. The Balaban J connectivity index is 1.87. The van der Waals surface area contributed by atoms with Crippen LogP contribution in [0.4, 0.5) is 5.69 Å². The van der Waals surface area contributed by atoms with Gasteiger partial charge in [0, 0.05) is 17.6 Å². The number of carbonyl (C=O) groups is 2. The third-order valence-corrected chi connectivity index (χ3v) is 7.70. The highest BCUT2D eigenvalue weighted by Gasteiger charge is 2.49. The van der Waals surface area contributed by atoms with Gasteiger partial charge in [-0.2, -0.15) is 4.99 Å². The Bertz CT molecular complexity index is 871. The van der Waals surface area contributed by atoms with Gasteiger partial charge in [-0.3, -0.25) is 4.79 Å². The third-order valence-electron chi connectivity index (χ3n) is 4.17. The number of rotatable bonds is 5. The predicted molar refractivity (Wildman–Crippen MR) is 99.1 cm³/mol. The van der Waals surface area contributed by atoms with E-state index in [2.05, 4.69) is 4.99 Å². The van der Waals surface area contributed by atoms with Crippen LogP contribution >= 0.6 is 23.4 Å². The number of hydrogen-bond acceptors (Lipinski definition) is 6. The summed E-state index contributed by atoms with van der Waals surface area (Å²) in [6.07, 6.45) is -0.0700. The van der Waals surface area contributed by atoms with Crippen LogP contribution in [0.5, 0.6) is 0 Å². The van der Waals surface area contributed by atoms with Gasteiger partial charge in [0.15, 0.2) is 15.0 Å². The van der Waals surface area contributed by atoms with Gasteiger partial charge in [-0.15, -0.1) is 0 Å². The second kappa shape index (κ2) is 7.58. The highest BCUT2D eigenvalue weighted by atomic mass is 35.5. The third kappa shape index (κ3) is 4.21. The van der Waals surface area contributed by atoms with Crippen molar-refractivity contribution >= 4 is 55.9 Å². The molecule has 0 bridgehead atoms. The molecule has 2 heterocycles. The van der Waals surface area contributed by atoms with Crippen LogP contribution < -0.4 is 10.0 Å². The average molecular weight is 416 g/mol. The number of para-hydroxylation sites is 1. The Morgan fingerprint density at radius 1 is 1.27 bits per heavy atom. The van der Waals surface area contributed by atoms with Gasteiger partial charge in [0.1, 0.15) is 0 Å². The Hall–Kier alpha value is -1.58. The normalized spacial score (nSPS) is 25.4. The van der Waals surface area contributed by atoms with E-state index in [-0.39, 0.29) is 42.1 Å². The number of anilines is 1. The van der Waals surface area contributed by atoms with Crippen molar-refractivity contribution in [1.82, 2.24) is 0 Å². The number of aliphatic imine (C=N–C) groups is 1. The lowest BCUT2D eigenvalue weighted by Crippen LogP contribution is -2.37. The first kappa shape index (κ1) is 19.2. The first-order chi connectivity index (χ1) is 12.3. The van der Waals surface area contributed by atoms with Crippen molar-refractivity contribution in [2.24, 2.45) is 4.99 Å². The van der Waals surface area contributed by atoms with Gasteiger partial charge in [-0.1, -0.05) is 35.5 Å². The number of thioether (sulfide) groups is 1. The molecule has 1 aromatic carbocycles. The molecule has 0 unspecified atom stereocenters. The van der Waals surface area contributed by atoms with Crippen LogP contribution in [0, 0.1) is 0 Å². The van der Waals surface area contributed by atoms with E-state index >= 15 is 0 Å². The summed E-state index contributed by atoms with van der Waals surface area (Å²) in [6, 6.07) is 6.66. The zero-order valence-electron chi connectivity index (χ0n) is 13.6. The second-order valence-electron chi connectivity index (χ2n) is 6.14. The van der Waals surface area contributed by atoms with Crippen LogP contribution in [-0.2, 0) is 19.4 Å². The number of carboxylic acids is 1. The first-order valence-corrected chi connectivity index (χ1v) is 11.1. The summed E-state index contributed by atoms with van der Waals surface area (Å²) in [6.45, 7) is 0. The van der Waals surface area contributed by atoms with Crippen molar-refractivity contribution in [3.8, 4) is 0 Å². The summed E-state index contributed by atoms with van der Waals surface area (Å²) in [5, 5.41) is 11.1. The Morgan fingerprint density at radius 3 is 2.69 bits per heavy atom. The molecule has 7 nitrogen and oxygen atoms in total. The van der Waals surface area contributed by atoms with Gasteiger partial charge in [-0.25, -0.2) is 8.42 Å². The highest BCUT2D eigenvalue weighted by molar-refractivity contribution is 8.16. The van der Waals surface area contributed by atoms with Crippen LogP contribution in [0.1, 0.15) is 19.3 Å². The molecule has 0 aliphatic carbocycles. The minimum absolute atomic E-state index is 0.0119. The standard InChI is InChI=1S/C16H17ClN2O5S2/c17-10-4-1-2-5-11(10)19-12-8-26(23,24)9-13(12)25-16(19)18-14(20)6-3-7-15(21)22/h1-2,4-5,12-13H,3,6-9H2,(H,21,22)/p-1/t12-,13+/m1/s1. The van der Waals surface area contributed by atoms with Crippen molar-refractivity contribution < 1.29 is 23.1 Å². The molecule has 2 fully saturated rings. The second-order valence-corrected chi connectivity index (χ2v) is 9.90. The molecule has 1 aromatic rings. The van der Waals surface area contributed by atoms with Crippen molar-refractivity contribution in [2.45, 2.75) is 30.6 Å². The maximum Gasteiger partial charge on any atom is 0.248 e. The number of amidine groups is 1. The summed E-state index contributed by atoms with van der Waals surface area (Å²) in [4.78, 5) is 28.4. The molecule has 26 heavy (non-hydrogen) atoms. The number of amides is 1. The fourth-order valence-corrected chi connectivity index (χ4v) is 7.19. The predicted octanol–water partition coefficient (Wildman–Crippen LogP) is 0.862. The van der Waals surface area contributed by atoms with Crippen molar-refractivity contribution in [2.75, 3.05) is 16.4 Å². The summed E-state index contributed by atoms with van der Waals surface area (Å²) in [7, 11) is -3.15. The number of carbonyl (C=O) groups excluding carboxylic acids is 2. The van der Waals surface area contributed by atoms with E-state index in [1.165, 1.54) is 11.8 Å². The van der Waals surface area contributed by atoms with Gasteiger partial charge < -0.3 is 14.8 Å². The molecule has 10 heteroatoms. The van der Waals surface area contributed by atoms with Gasteiger partial charge in [0.25, 0.3) is 0 Å². The van der Waals surface area contributed by atoms with Crippen molar-refractivity contribution in [3.05, 3.63) is 29.3 Å². The largest absolute Gasteiger partial charge is 0.550 e. The summed E-state index contributed by atoms with van der Waals surface area (Å²) < 4.78 is 24.0. The fraction of sp³-hybridized carbons (Fsp3) is 0.438. The van der Waals surface area contributed by atoms with Gasteiger partial charge in [-0.05, 0) is 25.0 Å². The van der Waals surface area contributed by atoms with Crippen molar-refractivity contribution in [3.63, 3.8) is 0 Å². The van der Waals surface area contributed by atoms with Gasteiger partial charge in [0.05, 0.1) is 28.3 Å². The monoisotopic (exact) mass is 415 g/mol. The van der Waals surface area contributed by atoms with Gasteiger partial charge >= 0.3 is 0 Å². The Morgan fingerprint density at radius 2 is 2.00 bits per heavy atom. The molecule has 3 rings (SSSR count). The maximum atomic E-state index is 12.1. The topological polar surface area (TPSA) is 107 Å². The molecule has 0 N–H and O–H groups in total. The SMILES string of the molecule is O=C([O-])CCCC(=O)N=C1S[C@H]2CS(=O)(=O)C[C@H]2N1c1ccccc1Cl. The van der Waals surface area contributed by atoms with E-state index < -0.39 is 21.7 Å². The molecule has 2 atom stereocenters. The highest BCUT2D eigenvalue weighted by Crippen LogP contribution is 2.42. The van der Waals surface area contributed by atoms with Crippen LogP contribution in [0.2, 0.25) is 5.02 Å². The summed E-state index contributed by atoms with van der Waals surface area (Å²) in [5.41, 5.74) is 0.604. The smallest absolute Gasteiger partial charge is 0.248 e. The van der Waals surface area contributed by atoms with E-state index in [1.807, 2.05) is 0 Å². The molecule has 0 saturated carbocycles. The lowest BCUT2D eigenvalue weighted by Gasteiger charge is -2.25. The molecule has 0 aromatic heterocycles. The lowest BCUT2D eigenvalue weighted by molar-refractivity contribution is -0.305. The number of benzene rings is 1. The van der Waals surface area contributed by atoms with Crippen LogP contribution in [0.15, 0.2) is 29.3 Å². The van der Waals surface area contributed by atoms with E-state index in [0.29, 0.717) is 15.9 Å². The Labute approximate surface area is 160 Å². The molecule has 2 saturated heterocycles. The molecular weight excluding hydrogens is 400 g/mol. The average Bonchev–Trinajstić information content (AvgIpc) is 2.98. The van der Waals surface area contributed by atoms with Crippen LogP contribution in [-0.4, -0.2) is 48.3 Å². The van der Waals surface area contributed by atoms with E-state index in [4.69, 9.17) is 11.6 Å². The number of halogens is 1. The molecule has 2 aliphatic rings. The van der Waals surface area contributed by atoms with Gasteiger partial charge in [0.2, 0.25) is 5.91 Å². The summed E-state index contributed by atoms with van der Waals surface area (Å²) in [5.74, 6) is -1.65. The number of aliphatic carboxylic acids is 1. The molecule has 0 radical (unpaired) electrons. The molecule has 0 spiro atoms. The molecular formula is C16H16ClN2O5S2-. The number of nitrogens with zero attached hydrogens (tertiary/aromatic N) is 2. The van der Waals surface area contributed by atoms with Crippen molar-refractivity contribution in [1.29, 1.82) is 0 Å². The van der Waals surface area contributed by atoms with E-state index in [1.54, 1.807) is 29.2 Å². The Kier molecular flexibility index (Phi) is 5.59. The van der Waals surface area contributed by atoms with E-state index in [0.717, 1.165) is 0 Å². The minimum Gasteiger partial charge on any atom is -0.550 e.